The zero-order valence-electron chi connectivity index (χ0n) is 19.3. The predicted octanol–water partition coefficient (Wildman–Crippen LogP) is 6.00. The second-order valence-electron chi connectivity index (χ2n) is 11.4. The molecule has 1 N–H and O–H groups in total. The largest absolute Gasteiger partial charge is 0.481 e. The first kappa shape index (κ1) is 21.9. The molecule has 8 atom stereocenters. The van der Waals surface area contributed by atoms with E-state index in [4.69, 9.17) is 9.84 Å². The molecule has 3 saturated carbocycles. The first-order chi connectivity index (χ1) is 14.1. The van der Waals surface area contributed by atoms with Gasteiger partial charge in [-0.2, -0.15) is 0 Å². The van der Waals surface area contributed by atoms with E-state index in [-0.39, 0.29) is 17.5 Å². The number of carbonyl (C=O) groups excluding carboxylic acids is 1. The van der Waals surface area contributed by atoms with E-state index in [1.54, 1.807) is 5.57 Å². The van der Waals surface area contributed by atoms with Crippen molar-refractivity contribution >= 4 is 11.9 Å². The molecular weight excluding hydrogens is 376 g/mol. The highest BCUT2D eigenvalue weighted by molar-refractivity contribution is 5.66. The van der Waals surface area contributed by atoms with Crippen LogP contribution < -0.4 is 0 Å². The van der Waals surface area contributed by atoms with Gasteiger partial charge in [0.1, 0.15) is 6.10 Å². The minimum atomic E-state index is -0.660. The Morgan fingerprint density at radius 2 is 1.93 bits per heavy atom. The monoisotopic (exact) mass is 416 g/mol. The minimum Gasteiger partial charge on any atom is -0.481 e. The molecule has 0 unspecified atom stereocenters. The lowest BCUT2D eigenvalue weighted by Crippen LogP contribution is -2.51. The molecule has 0 bridgehead atoms. The van der Waals surface area contributed by atoms with Crippen molar-refractivity contribution in [2.45, 2.75) is 98.0 Å². The summed E-state index contributed by atoms with van der Waals surface area (Å²) in [5.41, 5.74) is 2.19. The lowest BCUT2D eigenvalue weighted by molar-refractivity contribution is -0.148. The number of carbonyl (C=O) groups is 2. The van der Waals surface area contributed by atoms with Gasteiger partial charge in [-0.1, -0.05) is 32.4 Å². The number of ether oxygens (including phenoxy) is 1. The van der Waals surface area contributed by atoms with E-state index < -0.39 is 5.97 Å². The molecule has 0 aromatic rings. The molecule has 4 aliphatic carbocycles. The van der Waals surface area contributed by atoms with E-state index in [1.807, 2.05) is 0 Å². The smallest absolute Gasteiger partial charge is 0.303 e. The van der Waals surface area contributed by atoms with Crippen LogP contribution in [-0.4, -0.2) is 23.1 Å². The summed E-state index contributed by atoms with van der Waals surface area (Å²) in [5, 5.41) is 9.13. The Balaban J connectivity index is 1.51. The van der Waals surface area contributed by atoms with Crippen LogP contribution in [-0.2, 0) is 14.3 Å². The maximum Gasteiger partial charge on any atom is 0.303 e. The number of carboxylic acids is 1. The van der Waals surface area contributed by atoms with Gasteiger partial charge in [0.15, 0.2) is 0 Å². The Bertz CT molecular complexity index is 727. The second-order valence-corrected chi connectivity index (χ2v) is 11.4. The van der Waals surface area contributed by atoms with Gasteiger partial charge in [-0.15, -0.1) is 0 Å². The summed E-state index contributed by atoms with van der Waals surface area (Å²) < 4.78 is 5.57. The number of rotatable bonds is 5. The summed E-state index contributed by atoms with van der Waals surface area (Å²) in [7, 11) is 0. The van der Waals surface area contributed by atoms with Crippen LogP contribution in [0.2, 0.25) is 0 Å². The Kier molecular flexibility index (Phi) is 5.83. The molecule has 4 aliphatic rings. The summed E-state index contributed by atoms with van der Waals surface area (Å²) in [4.78, 5) is 22.5. The van der Waals surface area contributed by atoms with Gasteiger partial charge in [0, 0.05) is 19.8 Å². The molecule has 4 nitrogen and oxygen atoms in total. The zero-order valence-corrected chi connectivity index (χ0v) is 19.3. The Hall–Kier alpha value is -1.32. The summed E-state index contributed by atoms with van der Waals surface area (Å²) in [6, 6.07) is 0. The molecule has 0 aromatic heterocycles. The zero-order chi connectivity index (χ0) is 21.7. The number of hydrogen-bond donors (Lipinski definition) is 1. The summed E-state index contributed by atoms with van der Waals surface area (Å²) >= 11 is 0. The van der Waals surface area contributed by atoms with E-state index in [1.165, 1.54) is 39.0 Å². The van der Waals surface area contributed by atoms with Crippen LogP contribution in [0, 0.1) is 40.4 Å². The molecule has 168 valence electrons. The number of aliphatic carboxylic acids is 1. The minimum absolute atomic E-state index is 0.0678. The van der Waals surface area contributed by atoms with Crippen LogP contribution in [0.4, 0.5) is 0 Å². The number of hydrogen-bond acceptors (Lipinski definition) is 3. The Morgan fingerprint density at radius 1 is 1.17 bits per heavy atom. The first-order valence-corrected chi connectivity index (χ1v) is 12.2. The van der Waals surface area contributed by atoms with E-state index >= 15 is 0 Å². The van der Waals surface area contributed by atoms with Gasteiger partial charge in [-0.25, -0.2) is 0 Å². The topological polar surface area (TPSA) is 63.6 Å². The average molecular weight is 417 g/mol. The molecule has 3 fully saturated rings. The van der Waals surface area contributed by atoms with Crippen molar-refractivity contribution in [2.24, 2.45) is 40.4 Å². The summed E-state index contributed by atoms with van der Waals surface area (Å²) in [5.74, 6) is 2.64. The Labute approximate surface area is 181 Å². The third-order valence-corrected chi connectivity index (χ3v) is 9.97. The fourth-order valence-corrected chi connectivity index (χ4v) is 8.49. The van der Waals surface area contributed by atoms with Crippen molar-refractivity contribution in [3.8, 4) is 0 Å². The van der Waals surface area contributed by atoms with Gasteiger partial charge in [0.25, 0.3) is 0 Å². The van der Waals surface area contributed by atoms with Crippen molar-refractivity contribution in [3.63, 3.8) is 0 Å². The van der Waals surface area contributed by atoms with Gasteiger partial charge < -0.3 is 9.84 Å². The maximum atomic E-state index is 11.4. The molecule has 0 spiro atoms. The molecule has 0 aromatic carbocycles. The van der Waals surface area contributed by atoms with Crippen molar-refractivity contribution < 1.29 is 19.4 Å². The van der Waals surface area contributed by atoms with Crippen LogP contribution >= 0.6 is 0 Å². The number of esters is 1. The van der Waals surface area contributed by atoms with Crippen molar-refractivity contribution in [3.05, 3.63) is 11.6 Å². The lowest BCUT2D eigenvalue weighted by atomic mass is 9.47. The van der Waals surface area contributed by atoms with Crippen LogP contribution in [0.3, 0.4) is 0 Å². The molecule has 0 aliphatic heterocycles. The predicted molar refractivity (Wildman–Crippen MR) is 117 cm³/mol. The molecule has 30 heavy (non-hydrogen) atoms. The highest BCUT2D eigenvalue weighted by Crippen LogP contribution is 2.67. The summed E-state index contributed by atoms with van der Waals surface area (Å²) in [6.45, 7) is 8.84. The maximum absolute atomic E-state index is 11.4. The lowest BCUT2D eigenvalue weighted by Gasteiger charge is -2.58. The van der Waals surface area contributed by atoms with Gasteiger partial charge in [0.05, 0.1) is 0 Å². The van der Waals surface area contributed by atoms with E-state index in [9.17, 15) is 9.59 Å². The molecule has 0 radical (unpaired) electrons. The van der Waals surface area contributed by atoms with Crippen LogP contribution in [0.15, 0.2) is 11.6 Å². The first-order valence-electron chi connectivity index (χ1n) is 12.2. The van der Waals surface area contributed by atoms with Crippen LogP contribution in [0.1, 0.15) is 91.9 Å². The van der Waals surface area contributed by atoms with E-state index in [2.05, 4.69) is 26.8 Å². The van der Waals surface area contributed by atoms with Gasteiger partial charge in [-0.05, 0) is 91.8 Å². The van der Waals surface area contributed by atoms with E-state index in [0.29, 0.717) is 23.7 Å². The quantitative estimate of drug-likeness (QED) is 0.441. The molecule has 0 heterocycles. The van der Waals surface area contributed by atoms with Gasteiger partial charge in [0.2, 0.25) is 0 Å². The van der Waals surface area contributed by atoms with Crippen molar-refractivity contribution in [2.75, 3.05) is 0 Å². The van der Waals surface area contributed by atoms with E-state index in [0.717, 1.165) is 43.4 Å². The third-order valence-electron chi connectivity index (χ3n) is 9.97. The molecule has 4 rings (SSSR count). The van der Waals surface area contributed by atoms with Crippen LogP contribution in [0.5, 0.6) is 0 Å². The molecule has 4 heteroatoms. The van der Waals surface area contributed by atoms with Gasteiger partial charge in [-0.3, -0.25) is 9.59 Å². The number of allylic oxidation sites excluding steroid dienone is 1. The average Bonchev–Trinajstić information content (AvgIpc) is 3.03. The Morgan fingerprint density at radius 3 is 2.63 bits per heavy atom. The van der Waals surface area contributed by atoms with Crippen LogP contribution in [0.25, 0.3) is 0 Å². The molecule has 0 amide bonds. The number of fused-ring (bicyclic) bond motifs is 5. The fourth-order valence-electron chi connectivity index (χ4n) is 8.49. The molecule has 0 saturated heterocycles. The summed E-state index contributed by atoms with van der Waals surface area (Å²) in [6.07, 6.45) is 13.1. The highest BCUT2D eigenvalue weighted by atomic mass is 16.5. The highest BCUT2D eigenvalue weighted by Gasteiger charge is 2.59. The normalized spacial score (nSPS) is 43.6. The third kappa shape index (κ3) is 3.62. The fraction of sp³-hybridized carbons (Fsp3) is 0.846. The van der Waals surface area contributed by atoms with Crippen molar-refractivity contribution in [1.29, 1.82) is 0 Å². The molecular formula is C26H40O4. The number of carboxylic acid groups (broad SMARTS) is 1. The van der Waals surface area contributed by atoms with Crippen molar-refractivity contribution in [1.82, 2.24) is 0 Å². The van der Waals surface area contributed by atoms with Gasteiger partial charge >= 0.3 is 11.9 Å². The standard InChI is InChI=1S/C26H40O4/c1-16(5-10-24(28)29)21-8-9-22-20-7-6-18-15-19(30-17(2)27)11-13-25(18,3)23(20)12-14-26(21,22)4/h6,16,19-23H,5,7-15H2,1-4H3,(H,28,29)/t16-,19+,20-,21+,22-,23-,25+,26+/m1/s1. The second kappa shape index (κ2) is 7.98. The SMILES string of the molecule is CC(=O)O[C@H]1CC[C@@]2(C)C(=CC[C@@H]3[C@H]4CC[C@@H]([C@H](C)CCC(=O)O)[C@]4(C)CC[C@H]32)C1.